The van der Waals surface area contributed by atoms with E-state index in [2.05, 4.69) is 53.1 Å². The van der Waals surface area contributed by atoms with Crippen molar-refractivity contribution in [2.24, 2.45) is 0 Å². The molecule has 0 spiro atoms. The van der Waals surface area contributed by atoms with Gasteiger partial charge < -0.3 is 10.1 Å². The van der Waals surface area contributed by atoms with Crippen molar-refractivity contribution in [1.29, 1.82) is 0 Å². The third-order valence-electron chi connectivity index (χ3n) is 3.06. The van der Waals surface area contributed by atoms with Crippen LogP contribution >= 0.6 is 0 Å². The zero-order valence-corrected chi connectivity index (χ0v) is 13.9. The smallest absolute Gasteiger partial charge is 0.137 e. The normalized spacial score (nSPS) is 13.1. The molecule has 120 valence electrons. The molecule has 0 radical (unpaired) electrons. The SMILES string of the molecule is COCc1cc(NC(C)Cn2cncn2)nc(C(C)(C)C)n1. The number of anilines is 1. The van der Waals surface area contributed by atoms with Crippen molar-refractivity contribution in [1.82, 2.24) is 24.7 Å². The molecule has 1 unspecified atom stereocenters. The van der Waals surface area contributed by atoms with E-state index in [0.717, 1.165) is 17.3 Å². The van der Waals surface area contributed by atoms with E-state index in [1.807, 2.05) is 6.07 Å². The van der Waals surface area contributed by atoms with Gasteiger partial charge in [0.05, 0.1) is 18.8 Å². The summed E-state index contributed by atoms with van der Waals surface area (Å²) < 4.78 is 6.99. The van der Waals surface area contributed by atoms with Crippen molar-refractivity contribution >= 4 is 5.82 Å². The number of aromatic nitrogens is 5. The molecule has 2 heterocycles. The lowest BCUT2D eigenvalue weighted by atomic mass is 9.95. The fraction of sp³-hybridized carbons (Fsp3) is 0.600. The van der Waals surface area contributed by atoms with Crippen molar-refractivity contribution in [3.8, 4) is 0 Å². The summed E-state index contributed by atoms with van der Waals surface area (Å²) in [5.41, 5.74) is 0.757. The van der Waals surface area contributed by atoms with Crippen LogP contribution < -0.4 is 5.32 Å². The first kappa shape index (κ1) is 16.4. The first-order valence-electron chi connectivity index (χ1n) is 7.35. The van der Waals surface area contributed by atoms with Gasteiger partial charge >= 0.3 is 0 Å². The second-order valence-corrected chi connectivity index (χ2v) is 6.41. The van der Waals surface area contributed by atoms with Gasteiger partial charge in [-0.3, -0.25) is 4.68 Å². The average molecular weight is 304 g/mol. The summed E-state index contributed by atoms with van der Waals surface area (Å²) in [6.07, 6.45) is 3.24. The lowest BCUT2D eigenvalue weighted by Crippen LogP contribution is -2.25. The van der Waals surface area contributed by atoms with Crippen LogP contribution in [0.5, 0.6) is 0 Å². The molecule has 0 fully saturated rings. The Morgan fingerprint density at radius 1 is 1.32 bits per heavy atom. The monoisotopic (exact) mass is 304 g/mol. The van der Waals surface area contributed by atoms with Gasteiger partial charge in [-0.25, -0.2) is 15.0 Å². The lowest BCUT2D eigenvalue weighted by Gasteiger charge is -2.20. The highest BCUT2D eigenvalue weighted by atomic mass is 16.5. The van der Waals surface area contributed by atoms with Crippen molar-refractivity contribution in [3.63, 3.8) is 0 Å². The van der Waals surface area contributed by atoms with Gasteiger partial charge in [0.2, 0.25) is 0 Å². The van der Waals surface area contributed by atoms with Crippen molar-refractivity contribution in [2.45, 2.75) is 52.3 Å². The van der Waals surface area contributed by atoms with E-state index in [1.54, 1.807) is 18.1 Å². The van der Waals surface area contributed by atoms with Gasteiger partial charge in [-0.15, -0.1) is 0 Å². The molecule has 2 aromatic heterocycles. The van der Waals surface area contributed by atoms with Gasteiger partial charge in [0.25, 0.3) is 0 Å². The summed E-state index contributed by atoms with van der Waals surface area (Å²) in [5, 5.41) is 7.51. The minimum atomic E-state index is -0.116. The fourth-order valence-corrected chi connectivity index (χ4v) is 2.03. The van der Waals surface area contributed by atoms with Gasteiger partial charge in [-0.2, -0.15) is 5.10 Å². The Morgan fingerprint density at radius 3 is 2.68 bits per heavy atom. The Kier molecular flexibility index (Phi) is 5.07. The number of hydrogen-bond donors (Lipinski definition) is 1. The molecule has 1 N–H and O–H groups in total. The van der Waals surface area contributed by atoms with Crippen LogP contribution in [0.4, 0.5) is 5.82 Å². The van der Waals surface area contributed by atoms with Crippen LogP contribution in [0.3, 0.4) is 0 Å². The quantitative estimate of drug-likeness (QED) is 0.879. The van der Waals surface area contributed by atoms with Gasteiger partial charge in [-0.1, -0.05) is 20.8 Å². The minimum Gasteiger partial charge on any atom is -0.378 e. The second-order valence-electron chi connectivity index (χ2n) is 6.41. The number of nitrogens with one attached hydrogen (secondary N) is 1. The third kappa shape index (κ3) is 4.49. The molecule has 7 nitrogen and oxygen atoms in total. The van der Waals surface area contributed by atoms with E-state index in [1.165, 1.54) is 6.33 Å². The molecule has 0 bridgehead atoms. The maximum atomic E-state index is 5.20. The van der Waals surface area contributed by atoms with Crippen LogP contribution in [0.2, 0.25) is 0 Å². The molecule has 0 amide bonds. The molecule has 0 aliphatic carbocycles. The summed E-state index contributed by atoms with van der Waals surface area (Å²) in [6.45, 7) is 9.56. The average Bonchev–Trinajstić information content (AvgIpc) is 2.90. The van der Waals surface area contributed by atoms with E-state index in [0.29, 0.717) is 13.2 Å². The van der Waals surface area contributed by atoms with Crippen molar-refractivity contribution < 1.29 is 4.74 Å². The predicted octanol–water partition coefficient (Wildman–Crippen LogP) is 2.01. The standard InChI is InChI=1S/C15H24N6O/c1-11(7-21-10-16-9-17-21)18-13-6-12(8-22-5)19-14(20-13)15(2,3)4/h6,9-11H,7-8H2,1-5H3,(H,18,19,20). The first-order valence-corrected chi connectivity index (χ1v) is 7.35. The number of rotatable bonds is 6. The van der Waals surface area contributed by atoms with Crippen LogP contribution in [0, 0.1) is 0 Å². The largest absolute Gasteiger partial charge is 0.378 e. The molecular formula is C15H24N6O. The van der Waals surface area contributed by atoms with Crippen molar-refractivity contribution in [3.05, 3.63) is 30.2 Å². The minimum absolute atomic E-state index is 0.116. The number of hydrogen-bond acceptors (Lipinski definition) is 6. The molecule has 0 aliphatic heterocycles. The van der Waals surface area contributed by atoms with Crippen LogP contribution in [0.15, 0.2) is 18.7 Å². The molecular weight excluding hydrogens is 280 g/mol. The third-order valence-corrected chi connectivity index (χ3v) is 3.06. The van der Waals surface area contributed by atoms with Gasteiger partial charge in [0.15, 0.2) is 0 Å². The summed E-state index contributed by atoms with van der Waals surface area (Å²) in [5.74, 6) is 1.61. The lowest BCUT2D eigenvalue weighted by molar-refractivity contribution is 0.181. The van der Waals surface area contributed by atoms with Crippen molar-refractivity contribution in [2.75, 3.05) is 12.4 Å². The maximum absolute atomic E-state index is 5.20. The van der Waals surface area contributed by atoms with Crippen LogP contribution in [0.1, 0.15) is 39.2 Å². The number of methoxy groups -OCH3 is 1. The molecule has 0 saturated carbocycles. The highest BCUT2D eigenvalue weighted by Gasteiger charge is 2.19. The number of nitrogens with zero attached hydrogens (tertiary/aromatic N) is 5. The van der Waals surface area contributed by atoms with Gasteiger partial charge in [0, 0.05) is 24.6 Å². The van der Waals surface area contributed by atoms with E-state index < -0.39 is 0 Å². The Balaban J connectivity index is 2.16. The summed E-state index contributed by atoms with van der Waals surface area (Å²) in [7, 11) is 1.67. The zero-order chi connectivity index (χ0) is 16.2. The topological polar surface area (TPSA) is 77.8 Å². The Morgan fingerprint density at radius 2 is 2.09 bits per heavy atom. The van der Waals surface area contributed by atoms with E-state index in [-0.39, 0.29) is 11.5 Å². The van der Waals surface area contributed by atoms with E-state index >= 15 is 0 Å². The van der Waals surface area contributed by atoms with Gasteiger partial charge in [0.1, 0.15) is 24.3 Å². The zero-order valence-electron chi connectivity index (χ0n) is 13.9. The van der Waals surface area contributed by atoms with E-state index in [4.69, 9.17) is 4.74 Å². The molecule has 2 rings (SSSR count). The van der Waals surface area contributed by atoms with E-state index in [9.17, 15) is 0 Å². The molecule has 7 heteroatoms. The van der Waals surface area contributed by atoms with Gasteiger partial charge in [-0.05, 0) is 6.92 Å². The van der Waals surface area contributed by atoms with Crippen LogP contribution in [-0.4, -0.2) is 37.9 Å². The highest BCUT2D eigenvalue weighted by Crippen LogP contribution is 2.21. The molecule has 0 aliphatic rings. The molecule has 0 aromatic carbocycles. The highest BCUT2D eigenvalue weighted by molar-refractivity contribution is 5.37. The summed E-state index contributed by atoms with van der Waals surface area (Å²) in [4.78, 5) is 13.2. The molecule has 1 atom stereocenters. The fourth-order valence-electron chi connectivity index (χ4n) is 2.03. The Bertz CT molecular complexity index is 591. The Hall–Kier alpha value is -2.02. The summed E-state index contributed by atoms with van der Waals surface area (Å²) in [6, 6.07) is 2.09. The Labute approximate surface area is 131 Å². The maximum Gasteiger partial charge on any atom is 0.137 e. The molecule has 2 aromatic rings. The first-order chi connectivity index (χ1) is 10.4. The second kappa shape index (κ2) is 6.83. The molecule has 0 saturated heterocycles. The van der Waals surface area contributed by atoms with Crippen LogP contribution in [-0.2, 0) is 23.3 Å². The number of ether oxygens (including phenoxy) is 1. The molecule has 22 heavy (non-hydrogen) atoms. The predicted molar refractivity (Wildman–Crippen MR) is 84.6 cm³/mol. The van der Waals surface area contributed by atoms with Crippen LogP contribution in [0.25, 0.3) is 0 Å². The summed E-state index contributed by atoms with van der Waals surface area (Å²) >= 11 is 0.